The second-order valence-electron chi connectivity index (χ2n) is 3.86. The zero-order chi connectivity index (χ0) is 12.8. The zero-order valence-electron chi connectivity index (χ0n) is 9.87. The first kappa shape index (κ1) is 14.1. The van der Waals surface area contributed by atoms with Crippen LogP contribution in [0.1, 0.15) is 23.2 Å². The number of hydrazine groups is 1. The summed E-state index contributed by atoms with van der Waals surface area (Å²) in [5.74, 6) is -0.149. The summed E-state index contributed by atoms with van der Waals surface area (Å²) in [4.78, 5) is 23.1. The predicted octanol–water partition coefficient (Wildman–Crippen LogP) is 1.85. The van der Waals surface area contributed by atoms with E-state index in [-0.39, 0.29) is 24.5 Å². The number of nitrogens with zero attached hydrogens (tertiary/aromatic N) is 1. The van der Waals surface area contributed by atoms with Gasteiger partial charge in [-0.15, -0.1) is 0 Å². The number of Topliss-reactive ketones (excluding diaryl/α,β-unsaturated/α-hetero) is 1. The molecule has 17 heavy (non-hydrogen) atoms. The molecular formula is C12H15IN2O2. The lowest BCUT2D eigenvalue weighted by molar-refractivity contribution is -0.124. The maximum Gasteiger partial charge on any atom is 0.234 e. The van der Waals surface area contributed by atoms with Gasteiger partial charge in [0.25, 0.3) is 0 Å². The highest BCUT2D eigenvalue weighted by molar-refractivity contribution is 14.1. The van der Waals surface area contributed by atoms with Crippen LogP contribution in [0.15, 0.2) is 24.3 Å². The fraction of sp³-hybridized carbons (Fsp3) is 0.333. The smallest absolute Gasteiger partial charge is 0.234 e. The van der Waals surface area contributed by atoms with Crippen molar-refractivity contribution >= 4 is 34.3 Å². The number of hydrogen-bond donors (Lipinski definition) is 1. The van der Waals surface area contributed by atoms with Crippen molar-refractivity contribution in [1.29, 1.82) is 0 Å². The Morgan fingerprint density at radius 2 is 1.76 bits per heavy atom. The average Bonchev–Trinajstić information content (AvgIpc) is 2.26. The van der Waals surface area contributed by atoms with E-state index in [0.29, 0.717) is 5.56 Å². The number of hydrogen-bond acceptors (Lipinski definition) is 3. The third-order valence-corrected chi connectivity index (χ3v) is 2.81. The van der Waals surface area contributed by atoms with Crippen molar-refractivity contribution in [1.82, 2.24) is 10.4 Å². The predicted molar refractivity (Wildman–Crippen MR) is 74.6 cm³/mol. The van der Waals surface area contributed by atoms with Crippen molar-refractivity contribution < 1.29 is 9.59 Å². The van der Waals surface area contributed by atoms with Crippen molar-refractivity contribution in [2.24, 2.45) is 0 Å². The van der Waals surface area contributed by atoms with E-state index in [1.165, 1.54) is 0 Å². The molecule has 0 atom stereocenters. The Kier molecular flexibility index (Phi) is 5.57. The van der Waals surface area contributed by atoms with E-state index < -0.39 is 0 Å². The van der Waals surface area contributed by atoms with Gasteiger partial charge in [-0.25, -0.2) is 5.01 Å². The number of benzene rings is 1. The summed E-state index contributed by atoms with van der Waals surface area (Å²) in [7, 11) is 3.47. The Labute approximate surface area is 114 Å². The second kappa shape index (κ2) is 6.70. The van der Waals surface area contributed by atoms with Gasteiger partial charge < -0.3 is 0 Å². The molecule has 1 rings (SSSR count). The zero-order valence-corrected chi connectivity index (χ0v) is 12.0. The Morgan fingerprint density at radius 1 is 1.18 bits per heavy atom. The fourth-order valence-corrected chi connectivity index (χ4v) is 1.67. The highest BCUT2D eigenvalue weighted by atomic mass is 127. The Hall–Kier alpha value is -0.950. The van der Waals surface area contributed by atoms with Gasteiger partial charge in [-0.05, 0) is 34.7 Å². The first-order valence-corrected chi connectivity index (χ1v) is 6.32. The summed E-state index contributed by atoms with van der Waals surface area (Å²) in [6.45, 7) is 0. The van der Waals surface area contributed by atoms with Crippen LogP contribution in [0.2, 0.25) is 0 Å². The largest absolute Gasteiger partial charge is 0.294 e. The highest BCUT2D eigenvalue weighted by Crippen LogP contribution is 2.09. The van der Waals surface area contributed by atoms with Crippen LogP contribution in [0.4, 0.5) is 0 Å². The normalized spacial score (nSPS) is 10.4. The molecule has 5 heteroatoms. The van der Waals surface area contributed by atoms with Gasteiger partial charge in [0.15, 0.2) is 5.78 Å². The molecule has 1 aromatic carbocycles. The molecule has 0 radical (unpaired) electrons. The molecule has 0 aliphatic rings. The molecule has 0 spiro atoms. The number of ketones is 1. The maximum absolute atomic E-state index is 11.8. The minimum absolute atomic E-state index is 0.00435. The van der Waals surface area contributed by atoms with Crippen LogP contribution in [0, 0.1) is 3.57 Å². The lowest BCUT2D eigenvalue weighted by Crippen LogP contribution is -2.36. The van der Waals surface area contributed by atoms with E-state index in [0.717, 1.165) is 3.57 Å². The molecule has 0 aromatic heterocycles. The number of amides is 1. The van der Waals surface area contributed by atoms with Crippen LogP contribution in [-0.2, 0) is 4.79 Å². The van der Waals surface area contributed by atoms with Crippen LogP contribution in [0.3, 0.4) is 0 Å². The molecule has 92 valence electrons. The summed E-state index contributed by atoms with van der Waals surface area (Å²) in [5, 5.41) is 1.57. The van der Waals surface area contributed by atoms with E-state index in [1.807, 2.05) is 12.1 Å². The number of carbonyl (C=O) groups is 2. The summed E-state index contributed by atoms with van der Waals surface area (Å²) in [6.07, 6.45) is 0.448. The number of rotatable bonds is 5. The first-order chi connectivity index (χ1) is 7.99. The number of halogens is 1. The molecule has 1 aromatic rings. The average molecular weight is 346 g/mol. The maximum atomic E-state index is 11.8. The van der Waals surface area contributed by atoms with Gasteiger partial charge in [-0.3, -0.25) is 15.0 Å². The van der Waals surface area contributed by atoms with Gasteiger partial charge in [0.1, 0.15) is 0 Å². The van der Waals surface area contributed by atoms with Crippen molar-refractivity contribution in [3.63, 3.8) is 0 Å². The SMILES string of the molecule is CN(C)NC(=O)CCC(=O)c1ccc(I)cc1. The Morgan fingerprint density at radius 3 is 2.29 bits per heavy atom. The van der Waals surface area contributed by atoms with Gasteiger partial charge >= 0.3 is 0 Å². The summed E-state index contributed by atoms with van der Waals surface area (Å²) in [6, 6.07) is 7.34. The molecule has 0 unspecified atom stereocenters. The summed E-state index contributed by atoms with van der Waals surface area (Å²) in [5.41, 5.74) is 3.26. The molecule has 0 saturated heterocycles. The lowest BCUT2D eigenvalue weighted by atomic mass is 10.1. The van der Waals surface area contributed by atoms with Crippen molar-refractivity contribution in [3.05, 3.63) is 33.4 Å². The van der Waals surface area contributed by atoms with Gasteiger partial charge in [0, 0.05) is 36.1 Å². The van der Waals surface area contributed by atoms with E-state index in [2.05, 4.69) is 28.0 Å². The lowest BCUT2D eigenvalue weighted by Gasteiger charge is -2.11. The number of carbonyl (C=O) groups excluding carboxylic acids is 2. The van der Waals surface area contributed by atoms with Gasteiger partial charge in [-0.1, -0.05) is 12.1 Å². The third-order valence-electron chi connectivity index (χ3n) is 2.09. The van der Waals surface area contributed by atoms with Crippen LogP contribution in [-0.4, -0.2) is 30.8 Å². The van der Waals surface area contributed by atoms with E-state index in [9.17, 15) is 9.59 Å². The molecule has 0 heterocycles. The van der Waals surface area contributed by atoms with E-state index in [4.69, 9.17) is 0 Å². The highest BCUT2D eigenvalue weighted by Gasteiger charge is 2.09. The van der Waals surface area contributed by atoms with Gasteiger partial charge in [-0.2, -0.15) is 0 Å². The minimum Gasteiger partial charge on any atom is -0.294 e. The molecule has 0 aliphatic carbocycles. The van der Waals surface area contributed by atoms with E-state index in [1.54, 1.807) is 31.2 Å². The Bertz CT molecular complexity index is 401. The molecule has 0 bridgehead atoms. The monoisotopic (exact) mass is 346 g/mol. The molecule has 4 nitrogen and oxygen atoms in total. The van der Waals surface area contributed by atoms with E-state index >= 15 is 0 Å². The molecule has 1 amide bonds. The molecule has 0 fully saturated rings. The second-order valence-corrected chi connectivity index (χ2v) is 5.11. The van der Waals surface area contributed by atoms with Crippen molar-refractivity contribution in [2.45, 2.75) is 12.8 Å². The minimum atomic E-state index is -0.145. The van der Waals surface area contributed by atoms with Crippen molar-refractivity contribution in [3.8, 4) is 0 Å². The van der Waals surface area contributed by atoms with Gasteiger partial charge in [0.2, 0.25) is 5.91 Å². The quantitative estimate of drug-likeness (QED) is 0.503. The fourth-order valence-electron chi connectivity index (χ4n) is 1.31. The summed E-state index contributed by atoms with van der Waals surface area (Å²) < 4.78 is 1.09. The molecule has 0 aliphatic heterocycles. The van der Waals surface area contributed by atoms with Gasteiger partial charge in [0.05, 0.1) is 0 Å². The summed E-state index contributed by atoms with van der Waals surface area (Å²) >= 11 is 2.18. The topological polar surface area (TPSA) is 49.4 Å². The van der Waals surface area contributed by atoms with Crippen molar-refractivity contribution in [2.75, 3.05) is 14.1 Å². The number of nitrogens with one attached hydrogen (secondary N) is 1. The molecule has 0 saturated carbocycles. The standard InChI is InChI=1S/C12H15IN2O2/c1-15(2)14-12(17)8-7-11(16)9-3-5-10(13)6-4-9/h3-6H,7-8H2,1-2H3,(H,14,17). The molecular weight excluding hydrogens is 331 g/mol. The first-order valence-electron chi connectivity index (χ1n) is 5.24. The van der Waals surface area contributed by atoms with Crippen LogP contribution in [0.25, 0.3) is 0 Å². The van der Waals surface area contributed by atoms with Crippen LogP contribution in [0.5, 0.6) is 0 Å². The molecule has 1 N–H and O–H groups in total. The van der Waals surface area contributed by atoms with Crippen LogP contribution < -0.4 is 5.43 Å². The van der Waals surface area contributed by atoms with Crippen LogP contribution >= 0.6 is 22.6 Å². The Balaban J connectivity index is 2.45. The third kappa shape index (κ3) is 5.27.